The molecule has 5 rings (SSSR count). The molecular weight excluding hydrogens is 383 g/mol. The number of allylic oxidation sites excluding steroid dienone is 2. The predicted octanol–water partition coefficient (Wildman–Crippen LogP) is 2.42. The second-order valence-electron chi connectivity index (χ2n) is 5.72. The lowest BCUT2D eigenvalue weighted by atomic mass is 9.63. The van der Waals surface area contributed by atoms with Crippen molar-refractivity contribution >= 4 is 40.6 Å². The number of carbonyl (C=O) groups is 2. The molecule has 1 saturated heterocycles. The standard InChI is InChI=1S/C15H13IN2O3/c16-11-6-5-10(21-11)7-17-18-14(19)12-8-1-2-9(4-3-8)13(12)15(18)20/h1-2,5-9,12-13H,3-4H2/b17-7-/t8-,9-,12-,13+/m0/s1. The van der Waals surface area contributed by atoms with Gasteiger partial charge in [0, 0.05) is 0 Å². The van der Waals surface area contributed by atoms with Crippen molar-refractivity contribution in [3.05, 3.63) is 33.8 Å². The molecule has 4 atom stereocenters. The Morgan fingerprint density at radius 2 is 1.76 bits per heavy atom. The highest BCUT2D eigenvalue weighted by molar-refractivity contribution is 14.1. The van der Waals surface area contributed by atoms with Crippen LogP contribution in [-0.2, 0) is 9.59 Å². The summed E-state index contributed by atoms with van der Waals surface area (Å²) in [7, 11) is 0. The van der Waals surface area contributed by atoms with E-state index in [1.54, 1.807) is 12.1 Å². The molecule has 1 aromatic rings. The summed E-state index contributed by atoms with van der Waals surface area (Å²) in [5.41, 5.74) is 0. The molecule has 2 amide bonds. The monoisotopic (exact) mass is 396 g/mol. The normalized spacial score (nSPS) is 34.2. The molecule has 6 heteroatoms. The van der Waals surface area contributed by atoms with Crippen LogP contribution in [0.2, 0.25) is 0 Å². The van der Waals surface area contributed by atoms with Gasteiger partial charge in [-0.05, 0) is 59.4 Å². The Hall–Kier alpha value is -1.44. The number of halogens is 1. The van der Waals surface area contributed by atoms with Crippen molar-refractivity contribution in [3.63, 3.8) is 0 Å². The third-order valence-corrected chi connectivity index (χ3v) is 5.21. The molecule has 1 aromatic heterocycles. The third kappa shape index (κ3) is 1.99. The highest BCUT2D eigenvalue weighted by atomic mass is 127. The average molecular weight is 396 g/mol. The van der Waals surface area contributed by atoms with Gasteiger partial charge in [-0.2, -0.15) is 10.1 Å². The van der Waals surface area contributed by atoms with Crippen molar-refractivity contribution in [3.8, 4) is 0 Å². The molecule has 21 heavy (non-hydrogen) atoms. The quantitative estimate of drug-likeness (QED) is 0.334. The van der Waals surface area contributed by atoms with E-state index in [2.05, 4.69) is 39.8 Å². The summed E-state index contributed by atoms with van der Waals surface area (Å²) in [6, 6.07) is 3.56. The van der Waals surface area contributed by atoms with Crippen molar-refractivity contribution in [2.75, 3.05) is 0 Å². The Morgan fingerprint density at radius 1 is 1.14 bits per heavy atom. The van der Waals surface area contributed by atoms with E-state index in [1.807, 2.05) is 0 Å². The fourth-order valence-corrected chi connectivity index (χ4v) is 4.12. The summed E-state index contributed by atoms with van der Waals surface area (Å²) >= 11 is 2.05. The molecule has 5 nitrogen and oxygen atoms in total. The average Bonchev–Trinajstić information content (AvgIpc) is 3.03. The number of hydrogen-bond donors (Lipinski definition) is 0. The van der Waals surface area contributed by atoms with Gasteiger partial charge in [-0.3, -0.25) is 9.59 Å². The Labute approximate surface area is 135 Å². The lowest BCUT2D eigenvalue weighted by Gasteiger charge is -2.37. The first-order valence-corrected chi connectivity index (χ1v) is 8.08. The van der Waals surface area contributed by atoms with Gasteiger partial charge in [0.25, 0.3) is 11.8 Å². The van der Waals surface area contributed by atoms with Crippen LogP contribution < -0.4 is 0 Å². The predicted molar refractivity (Wildman–Crippen MR) is 83.2 cm³/mol. The number of rotatable bonds is 2. The van der Waals surface area contributed by atoms with Gasteiger partial charge in [0.15, 0.2) is 3.77 Å². The number of carbonyl (C=O) groups excluding carboxylic acids is 2. The first-order chi connectivity index (χ1) is 10.1. The highest BCUT2D eigenvalue weighted by Crippen LogP contribution is 2.49. The van der Waals surface area contributed by atoms with Crippen molar-refractivity contribution < 1.29 is 14.0 Å². The fraction of sp³-hybridized carbons (Fsp3) is 0.400. The number of hydrazone groups is 1. The zero-order valence-corrected chi connectivity index (χ0v) is 13.3. The molecule has 4 aliphatic rings. The van der Waals surface area contributed by atoms with E-state index >= 15 is 0 Å². The van der Waals surface area contributed by atoms with Gasteiger partial charge in [-0.25, -0.2) is 0 Å². The van der Waals surface area contributed by atoms with Crippen LogP contribution in [0.3, 0.4) is 0 Å². The summed E-state index contributed by atoms with van der Waals surface area (Å²) in [6.07, 6.45) is 7.63. The molecule has 108 valence electrons. The molecule has 2 bridgehead atoms. The van der Waals surface area contributed by atoms with E-state index in [0.29, 0.717) is 5.76 Å². The SMILES string of the molecule is O=C1[C@@H]2[C@H](C(=O)N1/N=C\c1ccc(I)o1)[C@H]1C=C[C@H]2CC1. The molecule has 0 spiro atoms. The Bertz CT molecular complexity index is 646. The van der Waals surface area contributed by atoms with Crippen LogP contribution >= 0.6 is 22.6 Å². The molecule has 2 fully saturated rings. The summed E-state index contributed by atoms with van der Waals surface area (Å²) in [4.78, 5) is 25.0. The largest absolute Gasteiger partial charge is 0.449 e. The smallest absolute Gasteiger partial charge is 0.254 e. The lowest BCUT2D eigenvalue weighted by molar-refractivity contribution is -0.140. The number of furan rings is 1. The molecule has 0 unspecified atom stereocenters. The van der Waals surface area contributed by atoms with Crippen LogP contribution in [0.25, 0.3) is 0 Å². The minimum Gasteiger partial charge on any atom is -0.449 e. The molecule has 0 radical (unpaired) electrons. The zero-order chi connectivity index (χ0) is 14.6. The Balaban J connectivity index is 1.62. The van der Waals surface area contributed by atoms with Gasteiger partial charge in [-0.15, -0.1) is 0 Å². The molecule has 1 saturated carbocycles. The van der Waals surface area contributed by atoms with E-state index in [1.165, 1.54) is 6.21 Å². The number of nitrogens with zero attached hydrogens (tertiary/aromatic N) is 2. The van der Waals surface area contributed by atoms with E-state index in [9.17, 15) is 9.59 Å². The maximum Gasteiger partial charge on any atom is 0.254 e. The van der Waals surface area contributed by atoms with Crippen LogP contribution in [0, 0.1) is 27.4 Å². The second-order valence-corrected chi connectivity index (χ2v) is 6.78. The molecule has 0 N–H and O–H groups in total. The maximum absolute atomic E-state index is 12.5. The van der Waals surface area contributed by atoms with Crippen molar-refractivity contribution in [2.45, 2.75) is 12.8 Å². The molecule has 2 heterocycles. The summed E-state index contributed by atoms with van der Waals surface area (Å²) in [5.74, 6) is 0.173. The first-order valence-electron chi connectivity index (χ1n) is 7.00. The van der Waals surface area contributed by atoms with Gasteiger partial charge in [-0.1, -0.05) is 12.2 Å². The van der Waals surface area contributed by atoms with E-state index in [-0.39, 0.29) is 35.5 Å². The summed E-state index contributed by atoms with van der Waals surface area (Å²) in [6.45, 7) is 0. The lowest BCUT2D eigenvalue weighted by Crippen LogP contribution is -2.38. The van der Waals surface area contributed by atoms with Crippen molar-refractivity contribution in [1.82, 2.24) is 5.01 Å². The van der Waals surface area contributed by atoms with E-state index < -0.39 is 0 Å². The molecule has 0 aromatic carbocycles. The van der Waals surface area contributed by atoms with Crippen LogP contribution in [0.4, 0.5) is 0 Å². The van der Waals surface area contributed by atoms with Crippen molar-refractivity contribution in [1.29, 1.82) is 0 Å². The summed E-state index contributed by atoms with van der Waals surface area (Å²) in [5, 5.41) is 5.12. The van der Waals surface area contributed by atoms with Crippen LogP contribution in [0.1, 0.15) is 18.6 Å². The highest BCUT2D eigenvalue weighted by Gasteiger charge is 2.56. The summed E-state index contributed by atoms with van der Waals surface area (Å²) < 4.78 is 6.10. The van der Waals surface area contributed by atoms with Gasteiger partial charge >= 0.3 is 0 Å². The van der Waals surface area contributed by atoms with Gasteiger partial charge in [0.1, 0.15) is 5.76 Å². The minimum absolute atomic E-state index is 0.165. The zero-order valence-electron chi connectivity index (χ0n) is 11.1. The number of fused-ring (bicyclic) bond motifs is 1. The number of amides is 2. The number of hydrogen-bond acceptors (Lipinski definition) is 4. The van der Waals surface area contributed by atoms with E-state index in [4.69, 9.17) is 4.42 Å². The van der Waals surface area contributed by atoms with Gasteiger partial charge in [0.05, 0.1) is 18.1 Å². The first kappa shape index (κ1) is 13.2. The fourth-order valence-electron chi connectivity index (χ4n) is 3.68. The third-order valence-electron chi connectivity index (χ3n) is 4.63. The van der Waals surface area contributed by atoms with Crippen LogP contribution in [0.15, 0.2) is 33.8 Å². The second kappa shape index (κ2) is 4.79. The van der Waals surface area contributed by atoms with Gasteiger partial charge < -0.3 is 4.42 Å². The van der Waals surface area contributed by atoms with Crippen LogP contribution in [-0.4, -0.2) is 23.0 Å². The van der Waals surface area contributed by atoms with Gasteiger partial charge in [0.2, 0.25) is 0 Å². The number of imide groups is 1. The van der Waals surface area contributed by atoms with Crippen molar-refractivity contribution in [2.24, 2.45) is 28.8 Å². The van der Waals surface area contributed by atoms with E-state index in [0.717, 1.165) is 21.6 Å². The van der Waals surface area contributed by atoms with Crippen LogP contribution in [0.5, 0.6) is 0 Å². The maximum atomic E-state index is 12.5. The molecule has 3 aliphatic carbocycles. The molecular formula is C15H13IN2O3. The molecule has 1 aliphatic heterocycles. The minimum atomic E-state index is -0.213. The Kier molecular flexibility index (Phi) is 3.02. The Morgan fingerprint density at radius 3 is 2.24 bits per heavy atom. The topological polar surface area (TPSA) is 62.9 Å².